The van der Waals surface area contributed by atoms with Crippen LogP contribution in [0, 0.1) is 0 Å². The number of thiophene rings is 1. The van der Waals surface area contributed by atoms with Gasteiger partial charge in [-0.15, -0.1) is 11.3 Å². The normalized spacial score (nSPS) is 12.1. The second kappa shape index (κ2) is 11.3. The van der Waals surface area contributed by atoms with Crippen LogP contribution in [0.5, 0.6) is 0 Å². The maximum absolute atomic E-state index is 5.31. The molecule has 0 saturated carbocycles. The standard InChI is InChI=1S/C51H30N2S/c1-2-13-37(14-3-1)53-46-23-20-32(27-42(46)43-28-33(21-24-47(43)53)34-22-25-49-44(29-34)39-16-6-7-19-48(39)54-49)31-10-8-11-35(26-31)45-30-36-12-9-18-40-38-15-4-5-17-41(38)51(52-45)50(36)40/h1-30H. The minimum atomic E-state index is 0.995. The lowest BCUT2D eigenvalue weighted by molar-refractivity contribution is 1.18. The van der Waals surface area contributed by atoms with Crippen molar-refractivity contribution in [3.8, 4) is 61.6 Å². The number of aromatic nitrogens is 2. The maximum Gasteiger partial charge on any atom is 0.0800 e. The number of hydrogen-bond donors (Lipinski definition) is 0. The number of rotatable bonds is 4. The highest BCUT2D eigenvalue weighted by Crippen LogP contribution is 2.47. The average Bonchev–Trinajstić information content (AvgIpc) is 3.89. The van der Waals surface area contributed by atoms with Crippen molar-refractivity contribution in [3.63, 3.8) is 0 Å². The third-order valence-corrected chi connectivity index (χ3v) is 12.5. The van der Waals surface area contributed by atoms with Crippen LogP contribution >= 0.6 is 11.3 Å². The van der Waals surface area contributed by atoms with Crippen molar-refractivity contribution in [3.05, 3.63) is 182 Å². The largest absolute Gasteiger partial charge is 0.309 e. The Hall–Kier alpha value is -6.81. The van der Waals surface area contributed by atoms with Gasteiger partial charge >= 0.3 is 0 Å². The highest BCUT2D eigenvalue weighted by Gasteiger charge is 2.23. The van der Waals surface area contributed by atoms with Gasteiger partial charge in [0, 0.05) is 53.1 Å². The predicted molar refractivity (Wildman–Crippen MR) is 230 cm³/mol. The van der Waals surface area contributed by atoms with E-state index in [0.717, 1.165) is 22.6 Å². The van der Waals surface area contributed by atoms with Crippen LogP contribution in [0.15, 0.2) is 182 Å². The van der Waals surface area contributed by atoms with Gasteiger partial charge < -0.3 is 4.57 Å². The van der Waals surface area contributed by atoms with E-state index in [1.807, 2.05) is 11.3 Å². The SMILES string of the molecule is c1ccc(-n2c3ccc(-c4cccc(-c5cc6cccc7c6c(n5)-c5ccccc5-7)c4)cc3c3cc(-c4ccc5sc6ccccc6c5c4)ccc32)cc1. The molecule has 11 aromatic rings. The van der Waals surface area contributed by atoms with Crippen molar-refractivity contribution in [2.45, 2.75) is 0 Å². The number of nitrogens with zero attached hydrogens (tertiary/aromatic N) is 2. The number of hydrogen-bond acceptors (Lipinski definition) is 2. The molecule has 1 aliphatic rings. The van der Waals surface area contributed by atoms with E-state index >= 15 is 0 Å². The van der Waals surface area contributed by atoms with Crippen molar-refractivity contribution < 1.29 is 0 Å². The molecule has 0 unspecified atom stereocenters. The molecule has 0 atom stereocenters. The summed E-state index contributed by atoms with van der Waals surface area (Å²) in [6.45, 7) is 0. The number of fused-ring (bicyclic) bond motifs is 9. The molecule has 0 radical (unpaired) electrons. The smallest absolute Gasteiger partial charge is 0.0800 e. The van der Waals surface area contributed by atoms with Crippen LogP contribution in [0.1, 0.15) is 0 Å². The van der Waals surface area contributed by atoms with Gasteiger partial charge in [0.15, 0.2) is 0 Å². The molecule has 0 saturated heterocycles. The van der Waals surface area contributed by atoms with Crippen LogP contribution in [-0.4, -0.2) is 9.55 Å². The highest BCUT2D eigenvalue weighted by molar-refractivity contribution is 7.25. The molecule has 3 heterocycles. The van der Waals surface area contributed by atoms with E-state index in [4.69, 9.17) is 4.98 Å². The summed E-state index contributed by atoms with van der Waals surface area (Å²) in [4.78, 5) is 5.31. The molecule has 8 aromatic carbocycles. The number of benzene rings is 8. The fraction of sp³-hybridized carbons (Fsp3) is 0. The lowest BCUT2D eigenvalue weighted by atomic mass is 9.97. The molecule has 0 amide bonds. The summed E-state index contributed by atoms with van der Waals surface area (Å²) in [5.41, 5.74) is 15.3. The average molecular weight is 703 g/mol. The van der Waals surface area contributed by atoms with Gasteiger partial charge in [0.1, 0.15) is 0 Å². The molecule has 0 N–H and O–H groups in total. The molecule has 54 heavy (non-hydrogen) atoms. The van der Waals surface area contributed by atoms with E-state index in [-0.39, 0.29) is 0 Å². The third kappa shape index (κ3) is 4.36. The fourth-order valence-corrected chi connectivity index (χ4v) is 9.89. The van der Waals surface area contributed by atoms with Crippen LogP contribution in [-0.2, 0) is 0 Å². The minimum absolute atomic E-state index is 0.995. The third-order valence-electron chi connectivity index (χ3n) is 11.3. The molecular formula is C51H30N2S. The quantitative estimate of drug-likeness (QED) is 0.179. The van der Waals surface area contributed by atoms with Gasteiger partial charge in [-0.05, 0) is 105 Å². The van der Waals surface area contributed by atoms with Crippen LogP contribution in [0.25, 0.3) is 114 Å². The van der Waals surface area contributed by atoms with Crippen LogP contribution in [0.4, 0.5) is 0 Å². The first-order chi connectivity index (χ1) is 26.7. The van der Waals surface area contributed by atoms with E-state index in [1.54, 1.807) is 0 Å². The molecule has 3 aromatic heterocycles. The molecule has 250 valence electrons. The van der Waals surface area contributed by atoms with E-state index in [9.17, 15) is 0 Å². The van der Waals surface area contributed by atoms with E-state index < -0.39 is 0 Å². The number of pyridine rings is 1. The second-order valence-corrected chi connectivity index (χ2v) is 15.4. The summed E-state index contributed by atoms with van der Waals surface area (Å²) in [6.07, 6.45) is 0. The Labute approximate surface area is 315 Å². The zero-order valence-electron chi connectivity index (χ0n) is 29.1. The molecule has 12 rings (SSSR count). The monoisotopic (exact) mass is 702 g/mol. The van der Waals surface area contributed by atoms with Crippen LogP contribution < -0.4 is 0 Å². The van der Waals surface area contributed by atoms with Gasteiger partial charge in [0.2, 0.25) is 0 Å². The van der Waals surface area contributed by atoms with E-state index in [1.165, 1.54) is 91.7 Å². The van der Waals surface area contributed by atoms with E-state index in [2.05, 4.69) is 187 Å². The zero-order chi connectivity index (χ0) is 35.3. The fourth-order valence-electron chi connectivity index (χ4n) is 8.80. The van der Waals surface area contributed by atoms with Crippen molar-refractivity contribution in [1.29, 1.82) is 0 Å². The predicted octanol–water partition coefficient (Wildman–Crippen LogP) is 14.3. The van der Waals surface area contributed by atoms with Gasteiger partial charge in [-0.2, -0.15) is 0 Å². The molecule has 2 nitrogen and oxygen atoms in total. The Morgan fingerprint density at radius 2 is 1.00 bits per heavy atom. The second-order valence-electron chi connectivity index (χ2n) is 14.3. The first-order valence-electron chi connectivity index (χ1n) is 18.4. The topological polar surface area (TPSA) is 17.8 Å². The Balaban J connectivity index is 1.02. The minimum Gasteiger partial charge on any atom is -0.309 e. The van der Waals surface area contributed by atoms with Gasteiger partial charge in [-0.25, -0.2) is 4.98 Å². The molecule has 0 fully saturated rings. The van der Waals surface area contributed by atoms with Crippen LogP contribution in [0.3, 0.4) is 0 Å². The lowest BCUT2D eigenvalue weighted by Crippen LogP contribution is -1.93. The Morgan fingerprint density at radius 3 is 1.81 bits per heavy atom. The van der Waals surface area contributed by atoms with Crippen molar-refractivity contribution in [2.75, 3.05) is 0 Å². The summed E-state index contributed by atoms with van der Waals surface area (Å²) in [7, 11) is 0. The number of para-hydroxylation sites is 1. The molecule has 1 aliphatic carbocycles. The van der Waals surface area contributed by atoms with Gasteiger partial charge in [0.25, 0.3) is 0 Å². The van der Waals surface area contributed by atoms with Crippen LogP contribution in [0.2, 0.25) is 0 Å². The maximum atomic E-state index is 5.31. The first kappa shape index (κ1) is 29.7. The molecule has 0 aliphatic heterocycles. The van der Waals surface area contributed by atoms with Crippen molar-refractivity contribution in [1.82, 2.24) is 9.55 Å². The van der Waals surface area contributed by atoms with Crippen molar-refractivity contribution >= 4 is 64.1 Å². The molecule has 3 heteroatoms. The van der Waals surface area contributed by atoms with E-state index in [0.29, 0.717) is 0 Å². The highest BCUT2D eigenvalue weighted by atomic mass is 32.1. The summed E-state index contributed by atoms with van der Waals surface area (Å²) >= 11 is 1.86. The Morgan fingerprint density at radius 1 is 0.389 bits per heavy atom. The molecule has 0 bridgehead atoms. The van der Waals surface area contributed by atoms with Gasteiger partial charge in [-0.3, -0.25) is 0 Å². The summed E-state index contributed by atoms with van der Waals surface area (Å²) in [5.74, 6) is 0. The summed E-state index contributed by atoms with van der Waals surface area (Å²) in [6, 6.07) is 66.7. The summed E-state index contributed by atoms with van der Waals surface area (Å²) < 4.78 is 5.06. The molecular weight excluding hydrogens is 673 g/mol. The Kier molecular flexibility index (Phi) is 6.25. The summed E-state index contributed by atoms with van der Waals surface area (Å²) in [5, 5.41) is 7.61. The molecule has 0 spiro atoms. The van der Waals surface area contributed by atoms with Gasteiger partial charge in [-0.1, -0.05) is 115 Å². The van der Waals surface area contributed by atoms with Gasteiger partial charge in [0.05, 0.1) is 22.4 Å². The zero-order valence-corrected chi connectivity index (χ0v) is 29.9. The first-order valence-corrected chi connectivity index (χ1v) is 19.3. The van der Waals surface area contributed by atoms with Crippen molar-refractivity contribution in [2.24, 2.45) is 0 Å². The Bertz CT molecular complexity index is 3330. The lowest BCUT2D eigenvalue weighted by Gasteiger charge is -2.10.